The van der Waals surface area contributed by atoms with Crippen LogP contribution in [0, 0.1) is 12.7 Å². The number of H-pyrrole nitrogens is 1. The first kappa shape index (κ1) is 25.3. The zero-order valence-corrected chi connectivity index (χ0v) is 20.3. The maximum absolute atomic E-state index is 14.2. The Labute approximate surface area is 210 Å². The number of aromatic amines is 1. The number of aryl methyl sites for hydroxylation is 1. The summed E-state index contributed by atoms with van der Waals surface area (Å²) in [5.41, 5.74) is -2.35. The third-order valence-corrected chi connectivity index (χ3v) is 6.42. The SMILES string of the molecule is CSc1n[nH]c(NC(=O)c2ccc(C3=NOC(c4cc(Cl)c(F)c(Cl)c4)(C(F)(F)F)C3)cc2C)n1. The number of aromatic nitrogens is 3. The first-order valence-corrected chi connectivity index (χ1v) is 11.8. The van der Waals surface area contributed by atoms with Crippen molar-refractivity contribution >= 4 is 52.5 Å². The molecule has 7 nitrogen and oxygen atoms in total. The Bertz CT molecular complexity index is 1320. The minimum atomic E-state index is -4.93. The molecule has 0 saturated carbocycles. The van der Waals surface area contributed by atoms with E-state index >= 15 is 0 Å². The lowest BCUT2D eigenvalue weighted by molar-refractivity contribution is -0.275. The number of rotatable bonds is 5. The Kier molecular flexibility index (Phi) is 6.73. The van der Waals surface area contributed by atoms with Crippen LogP contribution in [0.3, 0.4) is 0 Å². The van der Waals surface area contributed by atoms with Gasteiger partial charge in [0.15, 0.2) is 5.82 Å². The van der Waals surface area contributed by atoms with Gasteiger partial charge in [-0.25, -0.2) is 9.49 Å². The van der Waals surface area contributed by atoms with E-state index in [1.807, 2.05) is 0 Å². The molecular weight excluding hydrogens is 533 g/mol. The van der Waals surface area contributed by atoms with Crippen LogP contribution in [0.4, 0.5) is 23.5 Å². The molecule has 1 aliphatic heterocycles. The van der Waals surface area contributed by atoms with Crippen molar-refractivity contribution in [1.82, 2.24) is 15.2 Å². The molecule has 0 saturated heterocycles. The number of thioether (sulfide) groups is 1. The number of carbonyl (C=O) groups excluding carboxylic acids is 1. The highest BCUT2D eigenvalue weighted by molar-refractivity contribution is 7.98. The highest BCUT2D eigenvalue weighted by Crippen LogP contribution is 2.50. The second kappa shape index (κ2) is 9.32. The van der Waals surface area contributed by atoms with Crippen LogP contribution in [-0.4, -0.2) is 39.2 Å². The van der Waals surface area contributed by atoms with Crippen molar-refractivity contribution in [3.8, 4) is 0 Å². The van der Waals surface area contributed by atoms with E-state index in [1.165, 1.54) is 30.0 Å². The largest absolute Gasteiger partial charge is 0.435 e. The first-order chi connectivity index (χ1) is 16.4. The van der Waals surface area contributed by atoms with Gasteiger partial charge < -0.3 is 4.84 Å². The predicted octanol–water partition coefficient (Wildman–Crippen LogP) is 6.12. The van der Waals surface area contributed by atoms with Crippen molar-refractivity contribution in [2.24, 2.45) is 5.16 Å². The molecule has 0 fully saturated rings. The number of benzene rings is 2. The van der Waals surface area contributed by atoms with Crippen LogP contribution in [0.2, 0.25) is 10.0 Å². The second-order valence-corrected chi connectivity index (χ2v) is 9.13. The summed E-state index contributed by atoms with van der Waals surface area (Å²) in [6.45, 7) is 1.62. The van der Waals surface area contributed by atoms with Gasteiger partial charge in [-0.2, -0.15) is 18.2 Å². The maximum atomic E-state index is 14.2. The van der Waals surface area contributed by atoms with Gasteiger partial charge in [-0.3, -0.25) is 10.1 Å². The summed E-state index contributed by atoms with van der Waals surface area (Å²) in [5.74, 6) is -1.36. The quantitative estimate of drug-likeness (QED) is 0.228. The molecule has 1 unspecified atom stereocenters. The van der Waals surface area contributed by atoms with Crippen molar-refractivity contribution < 1.29 is 27.2 Å². The predicted molar refractivity (Wildman–Crippen MR) is 124 cm³/mol. The Balaban J connectivity index is 1.60. The molecule has 184 valence electrons. The number of hydrogen-bond acceptors (Lipinski definition) is 6. The van der Waals surface area contributed by atoms with E-state index in [-0.39, 0.29) is 17.2 Å². The van der Waals surface area contributed by atoms with Gasteiger partial charge in [0.1, 0.15) is 0 Å². The van der Waals surface area contributed by atoms with Gasteiger partial charge in [0.2, 0.25) is 11.1 Å². The second-order valence-electron chi connectivity index (χ2n) is 7.54. The Morgan fingerprint density at radius 1 is 1.23 bits per heavy atom. The molecule has 1 amide bonds. The molecular formula is C21H15Cl2F4N5O2S. The molecule has 14 heteroatoms. The third kappa shape index (κ3) is 4.69. The van der Waals surface area contributed by atoms with Crippen molar-refractivity contribution in [3.05, 3.63) is 68.4 Å². The number of alkyl halides is 3. The molecule has 1 aromatic heterocycles. The smallest absolute Gasteiger partial charge is 0.374 e. The van der Waals surface area contributed by atoms with E-state index in [0.29, 0.717) is 16.3 Å². The molecule has 2 heterocycles. The molecule has 2 N–H and O–H groups in total. The summed E-state index contributed by atoms with van der Waals surface area (Å²) < 4.78 is 56.4. The Hall–Kier alpha value is -2.83. The third-order valence-electron chi connectivity index (χ3n) is 5.32. The average Bonchev–Trinajstić information content (AvgIpc) is 3.44. The van der Waals surface area contributed by atoms with Crippen LogP contribution in [0.15, 0.2) is 40.6 Å². The first-order valence-electron chi connectivity index (χ1n) is 9.80. The van der Waals surface area contributed by atoms with Crippen LogP contribution in [0.5, 0.6) is 0 Å². The van der Waals surface area contributed by atoms with Crippen LogP contribution >= 0.6 is 35.0 Å². The molecule has 2 aromatic carbocycles. The summed E-state index contributed by atoms with van der Waals surface area (Å²) in [5, 5.41) is 12.0. The topological polar surface area (TPSA) is 92.3 Å². The van der Waals surface area contributed by atoms with Crippen molar-refractivity contribution in [1.29, 1.82) is 0 Å². The van der Waals surface area contributed by atoms with Crippen molar-refractivity contribution in [2.75, 3.05) is 11.6 Å². The van der Waals surface area contributed by atoms with E-state index in [2.05, 4.69) is 25.7 Å². The van der Waals surface area contributed by atoms with Crippen LogP contribution in [0.1, 0.15) is 33.5 Å². The van der Waals surface area contributed by atoms with Crippen molar-refractivity contribution in [2.45, 2.75) is 30.3 Å². The number of oxime groups is 1. The fourth-order valence-electron chi connectivity index (χ4n) is 3.51. The molecule has 1 atom stereocenters. The number of carbonyl (C=O) groups is 1. The average molecular weight is 548 g/mol. The molecule has 1 aliphatic rings. The van der Waals surface area contributed by atoms with Crippen LogP contribution in [0.25, 0.3) is 0 Å². The standard InChI is InChI=1S/C21H15Cl2F4N5O2S/c1-9-5-10(3-4-12(9)17(33)28-18-29-19(35-2)31-30-18)15-8-20(34-32-15,21(25,26)27)11-6-13(22)16(24)14(23)7-11/h3-7H,8H2,1-2H3,(H2,28,29,30,31,33). The van der Waals surface area contributed by atoms with Crippen LogP contribution < -0.4 is 5.32 Å². The van der Waals surface area contributed by atoms with E-state index in [4.69, 9.17) is 28.0 Å². The van der Waals surface area contributed by atoms with Gasteiger partial charge in [-0.1, -0.05) is 46.2 Å². The lowest BCUT2D eigenvalue weighted by Crippen LogP contribution is -2.42. The van der Waals surface area contributed by atoms with Crippen LogP contribution in [-0.2, 0) is 10.4 Å². The number of halogens is 6. The fraction of sp³-hybridized carbons (Fsp3) is 0.238. The molecule has 35 heavy (non-hydrogen) atoms. The Morgan fingerprint density at radius 3 is 2.49 bits per heavy atom. The normalized spacial score (nSPS) is 17.8. The molecule has 0 radical (unpaired) electrons. The minimum Gasteiger partial charge on any atom is -0.374 e. The van der Waals surface area contributed by atoms with Gasteiger partial charge in [-0.15, -0.1) is 5.10 Å². The Morgan fingerprint density at radius 2 is 1.91 bits per heavy atom. The van der Waals surface area contributed by atoms with Crippen molar-refractivity contribution in [3.63, 3.8) is 0 Å². The zero-order chi connectivity index (χ0) is 25.5. The molecule has 3 aromatic rings. The summed E-state index contributed by atoms with van der Waals surface area (Å²) in [6.07, 6.45) is -3.86. The lowest BCUT2D eigenvalue weighted by Gasteiger charge is -2.29. The zero-order valence-electron chi connectivity index (χ0n) is 17.9. The number of hydrogen-bond donors (Lipinski definition) is 2. The molecule has 0 spiro atoms. The summed E-state index contributed by atoms with van der Waals surface area (Å²) in [6, 6.07) is 6.06. The monoisotopic (exact) mass is 547 g/mol. The molecule has 0 bridgehead atoms. The number of amides is 1. The molecule has 4 rings (SSSR count). The van der Waals surface area contributed by atoms with E-state index < -0.39 is 45.5 Å². The fourth-order valence-corrected chi connectivity index (χ4v) is 4.32. The van der Waals surface area contributed by atoms with Gasteiger partial charge >= 0.3 is 6.18 Å². The maximum Gasteiger partial charge on any atom is 0.435 e. The summed E-state index contributed by atoms with van der Waals surface area (Å²) in [4.78, 5) is 21.6. The van der Waals surface area contributed by atoms with Gasteiger partial charge in [0.05, 0.1) is 15.8 Å². The lowest BCUT2D eigenvalue weighted by atomic mass is 9.86. The van der Waals surface area contributed by atoms with E-state index in [0.717, 1.165) is 12.1 Å². The number of nitrogens with one attached hydrogen (secondary N) is 2. The number of anilines is 1. The van der Waals surface area contributed by atoms with Gasteiger partial charge in [0.25, 0.3) is 11.5 Å². The molecule has 0 aliphatic carbocycles. The highest BCUT2D eigenvalue weighted by atomic mass is 35.5. The summed E-state index contributed by atoms with van der Waals surface area (Å²) >= 11 is 12.7. The van der Waals surface area contributed by atoms with E-state index in [9.17, 15) is 22.4 Å². The van der Waals surface area contributed by atoms with Gasteiger partial charge in [-0.05, 0) is 48.6 Å². The van der Waals surface area contributed by atoms with E-state index in [1.54, 1.807) is 13.2 Å². The van der Waals surface area contributed by atoms with Gasteiger partial charge in [0, 0.05) is 17.5 Å². The minimum absolute atomic E-state index is 0.0196. The summed E-state index contributed by atoms with van der Waals surface area (Å²) in [7, 11) is 0. The number of nitrogens with zero attached hydrogens (tertiary/aromatic N) is 3. The highest BCUT2D eigenvalue weighted by Gasteiger charge is 2.62.